The van der Waals surface area contributed by atoms with Gasteiger partial charge < -0.3 is 9.26 Å². The van der Waals surface area contributed by atoms with E-state index in [1.807, 2.05) is 19.1 Å². The topological polar surface area (TPSA) is 53.1 Å². The van der Waals surface area contributed by atoms with Crippen LogP contribution in [-0.4, -0.2) is 21.1 Å². The Balaban J connectivity index is 1.72. The first-order valence-electron chi connectivity index (χ1n) is 7.67. The first kappa shape index (κ1) is 16.2. The molecule has 5 nitrogen and oxygen atoms in total. The second-order valence-corrected chi connectivity index (χ2v) is 5.63. The van der Waals surface area contributed by atoms with E-state index < -0.39 is 6.36 Å². The number of rotatable bonds is 3. The van der Waals surface area contributed by atoms with Gasteiger partial charge in [0.1, 0.15) is 11.6 Å². The summed E-state index contributed by atoms with van der Waals surface area (Å²) in [5.41, 5.74) is 2.17. The molecule has 0 unspecified atom stereocenters. The smallest absolute Gasteiger partial charge is 0.406 e. The Morgan fingerprint density at radius 2 is 1.77 bits per heavy atom. The number of benzene rings is 2. The van der Waals surface area contributed by atoms with Gasteiger partial charge in [-0.3, -0.25) is 4.57 Å². The van der Waals surface area contributed by atoms with E-state index in [1.165, 1.54) is 12.1 Å². The zero-order valence-electron chi connectivity index (χ0n) is 13.5. The molecule has 0 aliphatic heterocycles. The molecule has 0 aliphatic carbocycles. The van der Waals surface area contributed by atoms with Crippen molar-refractivity contribution >= 4 is 11.0 Å². The van der Waals surface area contributed by atoms with Crippen molar-refractivity contribution in [3.8, 4) is 22.7 Å². The van der Waals surface area contributed by atoms with Gasteiger partial charge in [0.15, 0.2) is 11.4 Å². The van der Waals surface area contributed by atoms with Crippen molar-refractivity contribution in [2.75, 3.05) is 0 Å². The molecule has 0 radical (unpaired) electrons. The minimum Gasteiger partial charge on any atom is -0.406 e. The van der Waals surface area contributed by atoms with Gasteiger partial charge in [0.05, 0.1) is 5.39 Å². The van der Waals surface area contributed by atoms with Crippen LogP contribution in [0.2, 0.25) is 0 Å². The second-order valence-electron chi connectivity index (χ2n) is 5.63. The number of imidazole rings is 1. The standard InChI is InChI=1S/C18H12F3N3O2/c1-11-22-8-9-24(11)17-15-10-13(4-7-16(15)26-23-17)12-2-5-14(6-3-12)25-18(19,20)21/h2-10H,1H3. The number of aromatic nitrogens is 3. The van der Waals surface area contributed by atoms with Crippen LogP contribution < -0.4 is 4.74 Å². The second kappa shape index (κ2) is 5.91. The predicted octanol–water partition coefficient (Wildman–Crippen LogP) is 4.89. The van der Waals surface area contributed by atoms with E-state index in [-0.39, 0.29) is 5.75 Å². The number of fused-ring (bicyclic) bond motifs is 1. The van der Waals surface area contributed by atoms with Crippen molar-refractivity contribution in [3.63, 3.8) is 0 Å². The fourth-order valence-electron chi connectivity index (χ4n) is 2.73. The molecule has 0 aliphatic rings. The van der Waals surface area contributed by atoms with Gasteiger partial charge in [0, 0.05) is 12.4 Å². The predicted molar refractivity (Wildman–Crippen MR) is 88.0 cm³/mol. The Kier molecular flexibility index (Phi) is 3.68. The highest BCUT2D eigenvalue weighted by Crippen LogP contribution is 2.30. The fraction of sp³-hybridized carbons (Fsp3) is 0.111. The van der Waals surface area contributed by atoms with Gasteiger partial charge in [-0.25, -0.2) is 4.98 Å². The van der Waals surface area contributed by atoms with E-state index in [9.17, 15) is 13.2 Å². The molecule has 2 heterocycles. The Labute approximate surface area is 145 Å². The molecule has 4 rings (SSSR count). The maximum Gasteiger partial charge on any atom is 0.573 e. The Morgan fingerprint density at radius 3 is 2.42 bits per heavy atom. The zero-order valence-corrected chi connectivity index (χ0v) is 13.5. The molecule has 26 heavy (non-hydrogen) atoms. The normalized spacial score (nSPS) is 11.8. The monoisotopic (exact) mass is 359 g/mol. The van der Waals surface area contributed by atoms with Crippen LogP contribution in [0.3, 0.4) is 0 Å². The van der Waals surface area contributed by atoms with E-state index in [0.717, 1.165) is 22.3 Å². The molecule has 0 N–H and O–H groups in total. The number of hydrogen-bond donors (Lipinski definition) is 0. The van der Waals surface area contributed by atoms with Crippen molar-refractivity contribution < 1.29 is 22.4 Å². The van der Waals surface area contributed by atoms with Crippen LogP contribution in [-0.2, 0) is 0 Å². The lowest BCUT2D eigenvalue weighted by molar-refractivity contribution is -0.274. The molecule has 0 saturated heterocycles. The lowest BCUT2D eigenvalue weighted by Crippen LogP contribution is -2.16. The highest BCUT2D eigenvalue weighted by Gasteiger charge is 2.30. The average Bonchev–Trinajstić information content (AvgIpc) is 3.19. The van der Waals surface area contributed by atoms with Crippen LogP contribution in [0, 0.1) is 6.92 Å². The van der Waals surface area contributed by atoms with Crippen LogP contribution in [0.1, 0.15) is 5.82 Å². The molecule has 0 atom stereocenters. The third kappa shape index (κ3) is 3.01. The van der Waals surface area contributed by atoms with E-state index in [0.29, 0.717) is 11.4 Å². The van der Waals surface area contributed by atoms with Crippen LogP contribution >= 0.6 is 0 Å². The van der Waals surface area contributed by atoms with E-state index in [4.69, 9.17) is 4.52 Å². The fourth-order valence-corrected chi connectivity index (χ4v) is 2.73. The lowest BCUT2D eigenvalue weighted by atomic mass is 10.0. The summed E-state index contributed by atoms with van der Waals surface area (Å²) in [6, 6.07) is 11.2. The quantitative estimate of drug-likeness (QED) is 0.523. The molecular weight excluding hydrogens is 347 g/mol. The molecule has 8 heteroatoms. The molecule has 0 fully saturated rings. The Hall–Kier alpha value is -3.29. The van der Waals surface area contributed by atoms with E-state index in [2.05, 4.69) is 14.9 Å². The van der Waals surface area contributed by atoms with Gasteiger partial charge in [0.2, 0.25) is 0 Å². The van der Waals surface area contributed by atoms with Crippen LogP contribution in [0.15, 0.2) is 59.4 Å². The number of halogens is 3. The number of ether oxygens (including phenoxy) is 1. The van der Waals surface area contributed by atoms with Crippen molar-refractivity contribution in [2.24, 2.45) is 0 Å². The van der Waals surface area contributed by atoms with E-state index in [1.54, 1.807) is 35.2 Å². The van der Waals surface area contributed by atoms with Crippen LogP contribution in [0.5, 0.6) is 5.75 Å². The molecule has 0 spiro atoms. The molecule has 0 amide bonds. The Morgan fingerprint density at radius 1 is 1.04 bits per heavy atom. The van der Waals surface area contributed by atoms with Crippen molar-refractivity contribution in [3.05, 3.63) is 60.7 Å². The average molecular weight is 359 g/mol. The summed E-state index contributed by atoms with van der Waals surface area (Å²) < 4.78 is 47.9. The first-order valence-corrected chi connectivity index (χ1v) is 7.67. The summed E-state index contributed by atoms with van der Waals surface area (Å²) in [5, 5.41) is 4.87. The molecular formula is C18H12F3N3O2. The summed E-state index contributed by atoms with van der Waals surface area (Å²) in [6.07, 6.45) is -1.26. The minimum absolute atomic E-state index is 0.262. The summed E-state index contributed by atoms with van der Waals surface area (Å²) in [6.45, 7) is 1.85. The zero-order chi connectivity index (χ0) is 18.3. The SMILES string of the molecule is Cc1nccn1-c1noc2ccc(-c3ccc(OC(F)(F)F)cc3)cc12. The maximum atomic E-state index is 12.3. The van der Waals surface area contributed by atoms with Crippen LogP contribution in [0.4, 0.5) is 13.2 Å². The number of aryl methyl sites for hydroxylation is 1. The summed E-state index contributed by atoms with van der Waals surface area (Å²) >= 11 is 0. The van der Waals surface area contributed by atoms with Gasteiger partial charge in [-0.1, -0.05) is 23.4 Å². The summed E-state index contributed by atoms with van der Waals surface area (Å²) in [5.74, 6) is 1.11. The van der Waals surface area contributed by atoms with Crippen LogP contribution in [0.25, 0.3) is 27.9 Å². The minimum atomic E-state index is -4.71. The molecule has 0 saturated carbocycles. The number of nitrogens with zero attached hydrogens (tertiary/aromatic N) is 3. The van der Waals surface area contributed by atoms with E-state index >= 15 is 0 Å². The third-order valence-electron chi connectivity index (χ3n) is 3.93. The van der Waals surface area contributed by atoms with Crippen molar-refractivity contribution in [1.29, 1.82) is 0 Å². The molecule has 132 valence electrons. The van der Waals surface area contributed by atoms with Crippen molar-refractivity contribution in [1.82, 2.24) is 14.7 Å². The van der Waals surface area contributed by atoms with Gasteiger partial charge in [-0.05, 0) is 42.3 Å². The summed E-state index contributed by atoms with van der Waals surface area (Å²) in [4.78, 5) is 4.17. The molecule has 2 aromatic carbocycles. The highest BCUT2D eigenvalue weighted by molar-refractivity contribution is 5.88. The number of alkyl halides is 3. The largest absolute Gasteiger partial charge is 0.573 e. The molecule has 2 aromatic heterocycles. The maximum absolute atomic E-state index is 12.3. The molecule has 0 bridgehead atoms. The van der Waals surface area contributed by atoms with Gasteiger partial charge in [-0.15, -0.1) is 13.2 Å². The molecule has 4 aromatic rings. The number of hydrogen-bond acceptors (Lipinski definition) is 4. The van der Waals surface area contributed by atoms with Gasteiger partial charge in [-0.2, -0.15) is 0 Å². The van der Waals surface area contributed by atoms with Crippen molar-refractivity contribution in [2.45, 2.75) is 13.3 Å². The lowest BCUT2D eigenvalue weighted by Gasteiger charge is -2.09. The first-order chi connectivity index (χ1) is 12.4. The summed E-state index contributed by atoms with van der Waals surface area (Å²) in [7, 11) is 0. The highest BCUT2D eigenvalue weighted by atomic mass is 19.4. The van der Waals surface area contributed by atoms with Gasteiger partial charge in [0.25, 0.3) is 0 Å². The Bertz CT molecular complexity index is 1070. The van der Waals surface area contributed by atoms with Gasteiger partial charge >= 0.3 is 6.36 Å². The third-order valence-corrected chi connectivity index (χ3v) is 3.93.